The number of para-hydroxylation sites is 1. The lowest BCUT2D eigenvalue weighted by atomic mass is 10.2. The number of aromatic nitrogens is 2. The van der Waals surface area contributed by atoms with Crippen molar-refractivity contribution in [2.24, 2.45) is 0 Å². The Morgan fingerprint density at radius 3 is 3.00 bits per heavy atom. The van der Waals surface area contributed by atoms with Crippen molar-refractivity contribution >= 4 is 28.6 Å². The number of hydrogen-bond acceptors (Lipinski definition) is 4. The van der Waals surface area contributed by atoms with Crippen LogP contribution in [-0.4, -0.2) is 35.0 Å². The second-order valence-electron chi connectivity index (χ2n) is 5.63. The average Bonchev–Trinajstić information content (AvgIpc) is 3.25. The van der Waals surface area contributed by atoms with Gasteiger partial charge in [-0.2, -0.15) is 0 Å². The number of fused-ring (bicyclic) bond motifs is 2. The largest absolute Gasteiger partial charge is 0.452 e. The molecule has 1 amide bonds. The highest BCUT2D eigenvalue weighted by atomic mass is 16.5. The third-order valence-corrected chi connectivity index (χ3v) is 4.17. The van der Waals surface area contributed by atoms with E-state index < -0.39 is 5.97 Å². The zero-order chi connectivity index (χ0) is 16.5. The van der Waals surface area contributed by atoms with E-state index in [1.807, 2.05) is 24.3 Å². The molecule has 0 saturated heterocycles. The third kappa shape index (κ3) is 2.52. The predicted octanol–water partition coefficient (Wildman–Crippen LogP) is 2.31. The summed E-state index contributed by atoms with van der Waals surface area (Å²) in [6.45, 7) is 0.351. The maximum absolute atomic E-state index is 12.3. The van der Waals surface area contributed by atoms with Crippen LogP contribution in [0.2, 0.25) is 0 Å². The predicted molar refractivity (Wildman–Crippen MR) is 88.9 cm³/mol. The summed E-state index contributed by atoms with van der Waals surface area (Å²) in [5.41, 5.74) is 3.96. The minimum absolute atomic E-state index is 0.212. The van der Waals surface area contributed by atoms with Gasteiger partial charge >= 0.3 is 5.97 Å². The lowest BCUT2D eigenvalue weighted by molar-refractivity contribution is -0.121. The van der Waals surface area contributed by atoms with Crippen molar-refractivity contribution in [3.63, 3.8) is 0 Å². The average molecular weight is 321 g/mol. The Balaban J connectivity index is 1.43. The molecule has 2 heterocycles. The summed E-state index contributed by atoms with van der Waals surface area (Å²) in [5.74, 6) is -0.733. The number of H-pyrrole nitrogens is 1. The lowest BCUT2D eigenvalue weighted by Gasteiger charge is -2.17. The molecule has 0 fully saturated rings. The molecule has 1 N–H and O–H groups in total. The molecule has 24 heavy (non-hydrogen) atoms. The fourth-order valence-corrected chi connectivity index (χ4v) is 2.95. The van der Waals surface area contributed by atoms with E-state index in [0.29, 0.717) is 12.1 Å². The SMILES string of the molecule is O=C(OCC(=O)N1CCc2ccccc21)c1ccc2nc[nH]c2c1. The van der Waals surface area contributed by atoms with E-state index in [-0.39, 0.29) is 12.5 Å². The van der Waals surface area contributed by atoms with Gasteiger partial charge in [-0.25, -0.2) is 9.78 Å². The van der Waals surface area contributed by atoms with E-state index in [1.54, 1.807) is 29.4 Å². The number of amides is 1. The Morgan fingerprint density at radius 2 is 2.08 bits per heavy atom. The Hall–Kier alpha value is -3.15. The van der Waals surface area contributed by atoms with Crippen LogP contribution in [0, 0.1) is 0 Å². The zero-order valence-electron chi connectivity index (χ0n) is 12.9. The summed E-state index contributed by atoms with van der Waals surface area (Å²) in [4.78, 5) is 33.2. The van der Waals surface area contributed by atoms with Crippen molar-refractivity contribution in [1.82, 2.24) is 9.97 Å². The minimum Gasteiger partial charge on any atom is -0.452 e. The number of nitrogens with zero attached hydrogens (tertiary/aromatic N) is 2. The summed E-state index contributed by atoms with van der Waals surface area (Å²) >= 11 is 0. The molecule has 0 radical (unpaired) electrons. The Kier molecular flexibility index (Phi) is 3.49. The first kappa shape index (κ1) is 14.4. The van der Waals surface area contributed by atoms with E-state index in [9.17, 15) is 9.59 Å². The van der Waals surface area contributed by atoms with Gasteiger partial charge in [-0.1, -0.05) is 18.2 Å². The second kappa shape index (κ2) is 5.81. The topological polar surface area (TPSA) is 75.3 Å². The van der Waals surface area contributed by atoms with Crippen LogP contribution in [0.25, 0.3) is 11.0 Å². The van der Waals surface area contributed by atoms with Crippen LogP contribution in [0.3, 0.4) is 0 Å². The van der Waals surface area contributed by atoms with Crippen LogP contribution in [0.15, 0.2) is 48.8 Å². The molecule has 120 valence electrons. The number of carbonyl (C=O) groups excluding carboxylic acids is 2. The molecular weight excluding hydrogens is 306 g/mol. The molecule has 6 nitrogen and oxygen atoms in total. The quantitative estimate of drug-likeness (QED) is 0.751. The smallest absolute Gasteiger partial charge is 0.338 e. The van der Waals surface area contributed by atoms with Crippen molar-refractivity contribution < 1.29 is 14.3 Å². The number of nitrogens with one attached hydrogen (secondary N) is 1. The molecule has 0 aliphatic carbocycles. The van der Waals surface area contributed by atoms with E-state index in [0.717, 1.165) is 28.7 Å². The first-order chi connectivity index (χ1) is 11.7. The van der Waals surface area contributed by atoms with Crippen LogP contribution in [0.4, 0.5) is 5.69 Å². The van der Waals surface area contributed by atoms with E-state index in [4.69, 9.17) is 4.74 Å². The monoisotopic (exact) mass is 321 g/mol. The maximum atomic E-state index is 12.3. The molecule has 0 spiro atoms. The minimum atomic E-state index is -0.521. The lowest BCUT2D eigenvalue weighted by Crippen LogP contribution is -2.33. The standard InChI is InChI=1S/C18H15N3O3/c22-17(21-8-7-12-3-1-2-4-16(12)21)10-24-18(23)13-5-6-14-15(9-13)20-11-19-14/h1-6,9,11H,7-8,10H2,(H,19,20). The normalized spacial score (nSPS) is 13.1. The molecule has 1 aliphatic heterocycles. The first-order valence-corrected chi connectivity index (χ1v) is 7.71. The van der Waals surface area contributed by atoms with Gasteiger partial charge in [0.1, 0.15) is 0 Å². The summed E-state index contributed by atoms with van der Waals surface area (Å²) in [6.07, 6.45) is 2.39. The van der Waals surface area contributed by atoms with Gasteiger partial charge in [0.2, 0.25) is 0 Å². The number of imidazole rings is 1. The number of esters is 1. The molecule has 2 aromatic carbocycles. The summed E-state index contributed by atoms with van der Waals surface area (Å²) in [5, 5.41) is 0. The molecule has 3 aromatic rings. The Labute approximate surface area is 138 Å². The highest BCUT2D eigenvalue weighted by Crippen LogP contribution is 2.27. The maximum Gasteiger partial charge on any atom is 0.338 e. The number of rotatable bonds is 3. The van der Waals surface area contributed by atoms with Crippen LogP contribution in [0.1, 0.15) is 15.9 Å². The molecule has 6 heteroatoms. The van der Waals surface area contributed by atoms with Crippen molar-refractivity contribution in [2.75, 3.05) is 18.1 Å². The van der Waals surface area contributed by atoms with Gasteiger partial charge in [-0.05, 0) is 36.2 Å². The number of carbonyl (C=O) groups is 2. The van der Waals surface area contributed by atoms with Gasteiger partial charge < -0.3 is 14.6 Å². The Bertz CT molecular complexity index is 932. The number of aromatic amines is 1. The number of anilines is 1. The van der Waals surface area contributed by atoms with Gasteiger partial charge in [0.05, 0.1) is 22.9 Å². The van der Waals surface area contributed by atoms with Crippen LogP contribution in [-0.2, 0) is 16.0 Å². The Morgan fingerprint density at radius 1 is 1.21 bits per heavy atom. The molecule has 0 bridgehead atoms. The van der Waals surface area contributed by atoms with E-state index >= 15 is 0 Å². The summed E-state index contributed by atoms with van der Waals surface area (Å²) < 4.78 is 5.18. The van der Waals surface area contributed by atoms with Gasteiger partial charge in [0.25, 0.3) is 5.91 Å². The van der Waals surface area contributed by atoms with Crippen molar-refractivity contribution in [3.8, 4) is 0 Å². The van der Waals surface area contributed by atoms with E-state index in [2.05, 4.69) is 9.97 Å². The highest BCUT2D eigenvalue weighted by molar-refractivity contribution is 5.99. The molecule has 4 rings (SSSR count). The zero-order valence-corrected chi connectivity index (χ0v) is 12.9. The summed E-state index contributed by atoms with van der Waals surface area (Å²) in [7, 11) is 0. The van der Waals surface area contributed by atoms with Crippen molar-refractivity contribution in [3.05, 3.63) is 59.9 Å². The fourth-order valence-electron chi connectivity index (χ4n) is 2.95. The van der Waals surface area contributed by atoms with Crippen LogP contribution >= 0.6 is 0 Å². The number of hydrogen-bond donors (Lipinski definition) is 1. The highest BCUT2D eigenvalue weighted by Gasteiger charge is 2.25. The van der Waals surface area contributed by atoms with Gasteiger partial charge in [0, 0.05) is 12.2 Å². The number of benzene rings is 2. The van der Waals surface area contributed by atoms with Gasteiger partial charge in [-0.3, -0.25) is 4.79 Å². The molecule has 0 atom stereocenters. The van der Waals surface area contributed by atoms with E-state index in [1.165, 1.54) is 0 Å². The second-order valence-corrected chi connectivity index (χ2v) is 5.63. The van der Waals surface area contributed by atoms with Crippen molar-refractivity contribution in [1.29, 1.82) is 0 Å². The summed E-state index contributed by atoms with van der Waals surface area (Å²) in [6, 6.07) is 12.8. The number of ether oxygens (including phenoxy) is 1. The first-order valence-electron chi connectivity index (χ1n) is 7.71. The third-order valence-electron chi connectivity index (χ3n) is 4.17. The molecule has 0 unspecified atom stereocenters. The van der Waals surface area contributed by atoms with Crippen LogP contribution < -0.4 is 4.90 Å². The van der Waals surface area contributed by atoms with Crippen LogP contribution in [0.5, 0.6) is 0 Å². The molecular formula is C18H15N3O3. The molecule has 1 aliphatic rings. The van der Waals surface area contributed by atoms with Crippen molar-refractivity contribution in [2.45, 2.75) is 6.42 Å². The fraction of sp³-hybridized carbons (Fsp3) is 0.167. The van der Waals surface area contributed by atoms with Gasteiger partial charge in [-0.15, -0.1) is 0 Å². The molecule has 0 saturated carbocycles. The van der Waals surface area contributed by atoms with Gasteiger partial charge in [0.15, 0.2) is 6.61 Å². The molecule has 1 aromatic heterocycles.